The van der Waals surface area contributed by atoms with E-state index >= 15 is 0 Å². The normalized spacial score (nSPS) is 17.0. The van der Waals surface area contributed by atoms with Crippen LogP contribution in [0.2, 0.25) is 0 Å². The van der Waals surface area contributed by atoms with Crippen LogP contribution in [0.3, 0.4) is 0 Å². The minimum Gasteiger partial charge on any atom is -0.289 e. The van der Waals surface area contributed by atoms with Crippen LogP contribution >= 0.6 is 24.0 Å². The van der Waals surface area contributed by atoms with E-state index in [-0.39, 0.29) is 5.91 Å². The summed E-state index contributed by atoms with van der Waals surface area (Å²) in [6, 6.07) is 14.3. The SMILES string of the molecule is C=CCN1C(=O)/C(=C\c2ccc3ccccc3c2)SC1=S. The fourth-order valence-corrected chi connectivity index (χ4v) is 3.51. The van der Waals surface area contributed by atoms with Crippen LogP contribution in [0.25, 0.3) is 16.8 Å². The van der Waals surface area contributed by atoms with Crippen molar-refractivity contribution in [1.29, 1.82) is 0 Å². The highest BCUT2D eigenvalue weighted by molar-refractivity contribution is 8.26. The Morgan fingerprint density at radius 3 is 2.71 bits per heavy atom. The number of hydrogen-bond donors (Lipinski definition) is 0. The minimum absolute atomic E-state index is 0.0435. The molecule has 4 heteroatoms. The van der Waals surface area contributed by atoms with E-state index in [9.17, 15) is 4.79 Å². The van der Waals surface area contributed by atoms with Gasteiger partial charge in [0.25, 0.3) is 5.91 Å². The molecule has 1 aliphatic heterocycles. The molecule has 3 rings (SSSR count). The van der Waals surface area contributed by atoms with Crippen molar-refractivity contribution in [3.8, 4) is 0 Å². The minimum atomic E-state index is -0.0435. The Balaban J connectivity index is 1.95. The third-order valence-electron chi connectivity index (χ3n) is 3.26. The zero-order chi connectivity index (χ0) is 14.8. The molecule has 0 saturated carbocycles. The van der Waals surface area contributed by atoms with Gasteiger partial charge < -0.3 is 0 Å². The van der Waals surface area contributed by atoms with Gasteiger partial charge in [0.05, 0.1) is 4.91 Å². The van der Waals surface area contributed by atoms with Gasteiger partial charge in [-0.3, -0.25) is 9.69 Å². The summed E-state index contributed by atoms with van der Waals surface area (Å²) >= 11 is 6.58. The molecular weight excluding hydrogens is 298 g/mol. The highest BCUT2D eigenvalue weighted by Gasteiger charge is 2.30. The number of carbonyl (C=O) groups is 1. The van der Waals surface area contributed by atoms with Crippen LogP contribution in [-0.2, 0) is 4.79 Å². The van der Waals surface area contributed by atoms with Gasteiger partial charge in [0, 0.05) is 6.54 Å². The molecule has 104 valence electrons. The summed E-state index contributed by atoms with van der Waals surface area (Å²) in [5, 5.41) is 2.35. The number of benzene rings is 2. The first kappa shape index (κ1) is 14.0. The Hall–Kier alpha value is -1.91. The Kier molecular flexibility index (Phi) is 3.90. The van der Waals surface area contributed by atoms with Crippen LogP contribution in [0, 0.1) is 0 Å². The lowest BCUT2D eigenvalue weighted by molar-refractivity contribution is -0.121. The molecule has 2 aromatic carbocycles. The zero-order valence-corrected chi connectivity index (χ0v) is 12.9. The standard InChI is InChI=1S/C17H13NOS2/c1-2-9-18-16(19)15(21-17(18)20)11-12-7-8-13-5-3-4-6-14(13)10-12/h2-8,10-11H,1,9H2/b15-11+. The van der Waals surface area contributed by atoms with Crippen LogP contribution in [-0.4, -0.2) is 21.7 Å². The van der Waals surface area contributed by atoms with Gasteiger partial charge in [-0.05, 0) is 28.5 Å². The molecule has 0 aliphatic carbocycles. The summed E-state index contributed by atoms with van der Waals surface area (Å²) in [5.41, 5.74) is 1.01. The molecule has 0 radical (unpaired) electrons. The highest BCUT2D eigenvalue weighted by Crippen LogP contribution is 2.32. The number of carbonyl (C=O) groups excluding carboxylic acids is 1. The highest BCUT2D eigenvalue weighted by atomic mass is 32.2. The average Bonchev–Trinajstić information content (AvgIpc) is 2.75. The largest absolute Gasteiger partial charge is 0.289 e. The molecular formula is C17H13NOS2. The molecule has 0 N–H and O–H groups in total. The van der Waals surface area contributed by atoms with Gasteiger partial charge in [0.1, 0.15) is 4.32 Å². The van der Waals surface area contributed by atoms with Gasteiger partial charge in [-0.2, -0.15) is 0 Å². The summed E-state index contributed by atoms with van der Waals surface area (Å²) in [7, 11) is 0. The maximum Gasteiger partial charge on any atom is 0.266 e. The van der Waals surface area contributed by atoms with E-state index < -0.39 is 0 Å². The van der Waals surface area contributed by atoms with Gasteiger partial charge in [0.15, 0.2) is 0 Å². The fourth-order valence-electron chi connectivity index (χ4n) is 2.24. The van der Waals surface area contributed by atoms with E-state index in [1.807, 2.05) is 24.3 Å². The molecule has 0 atom stereocenters. The first-order chi connectivity index (χ1) is 10.2. The van der Waals surface area contributed by atoms with Gasteiger partial charge >= 0.3 is 0 Å². The zero-order valence-electron chi connectivity index (χ0n) is 11.3. The lowest BCUT2D eigenvalue weighted by Crippen LogP contribution is -2.27. The lowest BCUT2D eigenvalue weighted by Gasteiger charge is -2.10. The van der Waals surface area contributed by atoms with Crippen molar-refractivity contribution in [1.82, 2.24) is 4.90 Å². The summed E-state index contributed by atoms with van der Waals surface area (Å²) in [6.07, 6.45) is 3.58. The number of rotatable bonds is 3. The molecule has 1 heterocycles. The van der Waals surface area contributed by atoms with Crippen molar-refractivity contribution < 1.29 is 4.79 Å². The molecule has 21 heavy (non-hydrogen) atoms. The Labute approximate surface area is 133 Å². The number of fused-ring (bicyclic) bond motifs is 1. The summed E-state index contributed by atoms with van der Waals surface area (Å²) < 4.78 is 0.590. The molecule has 0 bridgehead atoms. The van der Waals surface area contributed by atoms with Crippen molar-refractivity contribution >= 4 is 51.1 Å². The molecule has 2 aromatic rings. The second-order valence-electron chi connectivity index (χ2n) is 4.69. The predicted octanol–water partition coefficient (Wildman–Crippen LogP) is 4.23. The van der Waals surface area contributed by atoms with E-state index in [2.05, 4.69) is 30.8 Å². The molecule has 0 unspecified atom stereocenters. The van der Waals surface area contributed by atoms with Crippen molar-refractivity contribution in [2.75, 3.05) is 6.54 Å². The second-order valence-corrected chi connectivity index (χ2v) is 6.36. The first-order valence-corrected chi connectivity index (χ1v) is 7.76. The van der Waals surface area contributed by atoms with E-state index in [0.717, 1.165) is 10.9 Å². The van der Waals surface area contributed by atoms with Crippen molar-refractivity contribution in [3.05, 3.63) is 65.6 Å². The van der Waals surface area contributed by atoms with E-state index in [1.54, 1.807) is 11.0 Å². The number of nitrogens with zero attached hydrogens (tertiary/aromatic N) is 1. The number of amides is 1. The van der Waals surface area contributed by atoms with Crippen LogP contribution in [0.5, 0.6) is 0 Å². The Morgan fingerprint density at radius 2 is 1.95 bits per heavy atom. The molecule has 1 amide bonds. The summed E-state index contributed by atoms with van der Waals surface area (Å²) in [5.74, 6) is -0.0435. The first-order valence-electron chi connectivity index (χ1n) is 6.54. The monoisotopic (exact) mass is 311 g/mol. The maximum atomic E-state index is 12.3. The molecule has 1 fully saturated rings. The van der Waals surface area contributed by atoms with Crippen molar-refractivity contribution in [2.45, 2.75) is 0 Å². The number of thiocarbonyl (C=S) groups is 1. The van der Waals surface area contributed by atoms with Crippen LogP contribution in [0.15, 0.2) is 60.0 Å². The van der Waals surface area contributed by atoms with E-state index in [0.29, 0.717) is 15.8 Å². The van der Waals surface area contributed by atoms with Crippen molar-refractivity contribution in [3.63, 3.8) is 0 Å². The maximum absolute atomic E-state index is 12.3. The second kappa shape index (κ2) is 5.84. The summed E-state index contributed by atoms with van der Waals surface area (Å²) in [4.78, 5) is 14.5. The quantitative estimate of drug-likeness (QED) is 0.481. The topological polar surface area (TPSA) is 20.3 Å². The van der Waals surface area contributed by atoms with Gasteiger partial charge in [-0.1, -0.05) is 66.5 Å². The Morgan fingerprint density at radius 1 is 1.19 bits per heavy atom. The number of thioether (sulfide) groups is 1. The van der Waals surface area contributed by atoms with Gasteiger partial charge in [-0.25, -0.2) is 0 Å². The third kappa shape index (κ3) is 2.77. The van der Waals surface area contributed by atoms with Gasteiger partial charge in [0.2, 0.25) is 0 Å². The predicted molar refractivity (Wildman–Crippen MR) is 94.0 cm³/mol. The van der Waals surface area contributed by atoms with Crippen LogP contribution in [0.1, 0.15) is 5.56 Å². The number of hydrogen-bond acceptors (Lipinski definition) is 3. The smallest absolute Gasteiger partial charge is 0.266 e. The molecule has 0 spiro atoms. The van der Waals surface area contributed by atoms with Crippen molar-refractivity contribution in [2.24, 2.45) is 0 Å². The lowest BCUT2D eigenvalue weighted by atomic mass is 10.1. The fraction of sp³-hybridized carbons (Fsp3) is 0.0588. The molecule has 1 saturated heterocycles. The van der Waals surface area contributed by atoms with Crippen LogP contribution < -0.4 is 0 Å². The average molecular weight is 311 g/mol. The van der Waals surface area contributed by atoms with Crippen LogP contribution in [0.4, 0.5) is 0 Å². The Bertz CT molecular complexity index is 779. The van der Waals surface area contributed by atoms with E-state index in [1.165, 1.54) is 17.1 Å². The molecule has 2 nitrogen and oxygen atoms in total. The molecule has 0 aromatic heterocycles. The van der Waals surface area contributed by atoms with E-state index in [4.69, 9.17) is 12.2 Å². The third-order valence-corrected chi connectivity index (χ3v) is 4.63. The molecule has 1 aliphatic rings. The summed E-state index contributed by atoms with van der Waals surface area (Å²) in [6.45, 7) is 4.11. The van der Waals surface area contributed by atoms with Gasteiger partial charge in [-0.15, -0.1) is 6.58 Å².